The average Bonchev–Trinajstić information content (AvgIpc) is 2.41. The minimum atomic E-state index is -3.80. The second kappa shape index (κ2) is 5.92. The SMILES string of the molecule is Cc1ccc(CS(=O)(=O)Oc2ccc([N+](=O)[O-])cc2)cc1. The summed E-state index contributed by atoms with van der Waals surface area (Å²) in [6.07, 6.45) is 0. The molecule has 7 heteroatoms. The number of non-ortho nitro benzene ring substituents is 1. The Kier molecular flexibility index (Phi) is 4.23. The van der Waals surface area contributed by atoms with Crippen LogP contribution in [0.2, 0.25) is 0 Å². The Balaban J connectivity index is 2.10. The Labute approximate surface area is 122 Å². The van der Waals surface area contributed by atoms with E-state index in [0.717, 1.165) is 5.56 Å². The molecule has 0 saturated heterocycles. The van der Waals surface area contributed by atoms with Crippen molar-refractivity contribution < 1.29 is 17.5 Å². The molecule has 6 nitrogen and oxygen atoms in total. The Hall–Kier alpha value is -2.41. The van der Waals surface area contributed by atoms with Gasteiger partial charge < -0.3 is 4.18 Å². The Bertz CT molecular complexity index is 736. The summed E-state index contributed by atoms with van der Waals surface area (Å²) in [5.74, 6) is -0.211. The van der Waals surface area contributed by atoms with E-state index in [1.54, 1.807) is 12.1 Å². The third kappa shape index (κ3) is 4.28. The van der Waals surface area contributed by atoms with Crippen molar-refractivity contribution in [3.63, 3.8) is 0 Å². The van der Waals surface area contributed by atoms with Crippen LogP contribution in [-0.2, 0) is 15.9 Å². The molecule has 0 unspecified atom stereocenters. The Morgan fingerprint density at radius 3 is 2.14 bits per heavy atom. The summed E-state index contributed by atoms with van der Waals surface area (Å²) in [6.45, 7) is 1.91. The van der Waals surface area contributed by atoms with Crippen LogP contribution in [0.5, 0.6) is 5.75 Å². The molecule has 0 aliphatic heterocycles. The molecule has 0 aliphatic rings. The molecule has 21 heavy (non-hydrogen) atoms. The number of hydrogen-bond donors (Lipinski definition) is 0. The maximum absolute atomic E-state index is 11.9. The Morgan fingerprint density at radius 1 is 1.05 bits per heavy atom. The molecule has 0 heterocycles. The molecule has 0 atom stereocenters. The lowest BCUT2D eigenvalue weighted by molar-refractivity contribution is -0.384. The van der Waals surface area contributed by atoms with E-state index in [2.05, 4.69) is 0 Å². The van der Waals surface area contributed by atoms with Gasteiger partial charge >= 0.3 is 10.1 Å². The lowest BCUT2D eigenvalue weighted by Gasteiger charge is -2.07. The van der Waals surface area contributed by atoms with Crippen molar-refractivity contribution in [1.82, 2.24) is 0 Å². The highest BCUT2D eigenvalue weighted by atomic mass is 32.2. The third-order valence-corrected chi connectivity index (χ3v) is 3.87. The third-order valence-electron chi connectivity index (χ3n) is 2.73. The lowest BCUT2D eigenvalue weighted by Crippen LogP contribution is -2.12. The fraction of sp³-hybridized carbons (Fsp3) is 0.143. The van der Waals surface area contributed by atoms with Crippen molar-refractivity contribution in [2.24, 2.45) is 0 Å². The summed E-state index contributed by atoms with van der Waals surface area (Å²) in [4.78, 5) is 9.95. The number of nitro benzene ring substituents is 1. The summed E-state index contributed by atoms with van der Waals surface area (Å²) < 4.78 is 28.8. The molecule has 2 aromatic rings. The predicted octanol–water partition coefficient (Wildman–Crippen LogP) is 2.81. The highest BCUT2D eigenvalue weighted by molar-refractivity contribution is 7.86. The smallest absolute Gasteiger partial charge is 0.313 e. The van der Waals surface area contributed by atoms with E-state index in [9.17, 15) is 18.5 Å². The fourth-order valence-corrected chi connectivity index (χ4v) is 2.75. The highest BCUT2D eigenvalue weighted by Crippen LogP contribution is 2.20. The number of aryl methyl sites for hydroxylation is 1. The standard InChI is InChI=1S/C14H13NO5S/c1-11-2-4-12(5-3-11)10-21(18,19)20-14-8-6-13(7-9-14)15(16)17/h2-9H,10H2,1H3. The first kappa shape index (κ1) is 15.0. The van der Waals surface area contributed by atoms with Gasteiger partial charge in [-0.05, 0) is 24.6 Å². The summed E-state index contributed by atoms with van der Waals surface area (Å²) >= 11 is 0. The van der Waals surface area contributed by atoms with Crippen molar-refractivity contribution in [2.75, 3.05) is 0 Å². The number of nitrogens with zero attached hydrogens (tertiary/aromatic N) is 1. The highest BCUT2D eigenvalue weighted by Gasteiger charge is 2.15. The van der Waals surface area contributed by atoms with Crippen LogP contribution in [0, 0.1) is 17.0 Å². The van der Waals surface area contributed by atoms with Gasteiger partial charge in [-0.1, -0.05) is 29.8 Å². The second-order valence-electron chi connectivity index (χ2n) is 4.52. The van der Waals surface area contributed by atoms with E-state index in [4.69, 9.17) is 4.18 Å². The maximum atomic E-state index is 11.9. The van der Waals surface area contributed by atoms with E-state index in [1.807, 2.05) is 19.1 Å². The average molecular weight is 307 g/mol. The molecule has 0 bridgehead atoms. The van der Waals surface area contributed by atoms with E-state index in [-0.39, 0.29) is 17.2 Å². The van der Waals surface area contributed by atoms with Gasteiger partial charge in [0.1, 0.15) is 11.5 Å². The van der Waals surface area contributed by atoms with Gasteiger partial charge in [-0.3, -0.25) is 10.1 Å². The first-order valence-corrected chi connectivity index (χ1v) is 7.66. The summed E-state index contributed by atoms with van der Waals surface area (Å²) in [5, 5.41) is 10.5. The molecule has 0 fully saturated rings. The topological polar surface area (TPSA) is 86.5 Å². The van der Waals surface area contributed by atoms with E-state index in [0.29, 0.717) is 5.56 Å². The van der Waals surface area contributed by atoms with Crippen molar-refractivity contribution >= 4 is 15.8 Å². The van der Waals surface area contributed by atoms with Crippen molar-refractivity contribution in [2.45, 2.75) is 12.7 Å². The first-order valence-electron chi connectivity index (χ1n) is 6.08. The minimum absolute atomic E-state index is 0.0488. The van der Waals surface area contributed by atoms with Crippen LogP contribution in [0.1, 0.15) is 11.1 Å². The molecule has 0 saturated carbocycles. The van der Waals surface area contributed by atoms with E-state index in [1.165, 1.54) is 24.3 Å². The van der Waals surface area contributed by atoms with E-state index < -0.39 is 15.0 Å². The molecule has 0 aliphatic carbocycles. The van der Waals surface area contributed by atoms with E-state index >= 15 is 0 Å². The van der Waals surface area contributed by atoms with Gasteiger partial charge in [0.25, 0.3) is 5.69 Å². The lowest BCUT2D eigenvalue weighted by atomic mass is 10.2. The molecule has 0 amide bonds. The molecule has 2 aromatic carbocycles. The maximum Gasteiger partial charge on any atom is 0.313 e. The molecular weight excluding hydrogens is 294 g/mol. The summed E-state index contributed by atoms with van der Waals surface area (Å²) in [5.41, 5.74) is 1.52. The van der Waals surface area contributed by atoms with Crippen molar-refractivity contribution in [3.8, 4) is 5.75 Å². The number of benzene rings is 2. The van der Waals surface area contributed by atoms with Gasteiger partial charge in [0.05, 0.1) is 4.92 Å². The van der Waals surface area contributed by atoms with Gasteiger partial charge in [0.2, 0.25) is 0 Å². The zero-order chi connectivity index (χ0) is 15.5. The largest absolute Gasteiger partial charge is 0.382 e. The molecule has 0 N–H and O–H groups in total. The van der Waals surface area contributed by atoms with Crippen LogP contribution >= 0.6 is 0 Å². The van der Waals surface area contributed by atoms with Gasteiger partial charge in [-0.15, -0.1) is 0 Å². The van der Waals surface area contributed by atoms with Crippen LogP contribution in [0.15, 0.2) is 48.5 Å². The molecule has 0 radical (unpaired) electrons. The quantitative estimate of drug-likeness (QED) is 0.481. The normalized spacial score (nSPS) is 11.1. The van der Waals surface area contributed by atoms with Gasteiger partial charge in [0.15, 0.2) is 0 Å². The molecule has 0 spiro atoms. The minimum Gasteiger partial charge on any atom is -0.382 e. The van der Waals surface area contributed by atoms with Gasteiger partial charge in [-0.25, -0.2) is 0 Å². The second-order valence-corrected chi connectivity index (χ2v) is 6.09. The van der Waals surface area contributed by atoms with Gasteiger partial charge in [0, 0.05) is 12.1 Å². The van der Waals surface area contributed by atoms with Crippen molar-refractivity contribution in [1.29, 1.82) is 0 Å². The monoisotopic (exact) mass is 307 g/mol. The van der Waals surface area contributed by atoms with Crippen molar-refractivity contribution in [3.05, 3.63) is 69.8 Å². The predicted molar refractivity (Wildman–Crippen MR) is 77.5 cm³/mol. The van der Waals surface area contributed by atoms with Crippen LogP contribution < -0.4 is 4.18 Å². The Morgan fingerprint density at radius 2 is 1.62 bits per heavy atom. The number of rotatable bonds is 5. The van der Waals surface area contributed by atoms with Gasteiger partial charge in [-0.2, -0.15) is 8.42 Å². The number of nitro groups is 1. The van der Waals surface area contributed by atoms with Crippen LogP contribution in [0.25, 0.3) is 0 Å². The van der Waals surface area contributed by atoms with Crippen LogP contribution in [0.3, 0.4) is 0 Å². The molecule has 2 rings (SSSR count). The summed E-state index contributed by atoms with van der Waals surface area (Å²) in [7, 11) is -3.80. The van der Waals surface area contributed by atoms with Crippen LogP contribution in [0.4, 0.5) is 5.69 Å². The summed E-state index contributed by atoms with van der Waals surface area (Å²) in [6, 6.07) is 12.0. The van der Waals surface area contributed by atoms with Crippen LogP contribution in [-0.4, -0.2) is 13.3 Å². The fourth-order valence-electron chi connectivity index (χ4n) is 1.69. The molecule has 0 aromatic heterocycles. The molecule has 110 valence electrons. The first-order chi connectivity index (χ1) is 9.85. The zero-order valence-electron chi connectivity index (χ0n) is 11.2. The molecular formula is C14H13NO5S. The number of hydrogen-bond acceptors (Lipinski definition) is 5. The zero-order valence-corrected chi connectivity index (χ0v) is 12.0.